The molecule has 16 heavy (non-hydrogen) atoms. The molecule has 84 valence electrons. The molecule has 0 fully saturated rings. The van der Waals surface area contributed by atoms with Crippen molar-refractivity contribution in [2.45, 2.75) is 19.4 Å². The fraction of sp³-hybridized carbons (Fsp3) is 0.273. The van der Waals surface area contributed by atoms with Gasteiger partial charge in [-0.2, -0.15) is 0 Å². The maximum atomic E-state index is 12.9. The predicted octanol–water partition coefficient (Wildman–Crippen LogP) is 2.26. The fourth-order valence-corrected chi connectivity index (χ4v) is 2.02. The van der Waals surface area contributed by atoms with Crippen LogP contribution in [0, 0.1) is 12.7 Å². The minimum absolute atomic E-state index is 0.258. The zero-order chi connectivity index (χ0) is 11.5. The van der Waals surface area contributed by atoms with Crippen molar-refractivity contribution in [3.63, 3.8) is 0 Å². The second-order valence-electron chi connectivity index (χ2n) is 3.62. The lowest BCUT2D eigenvalue weighted by atomic mass is 10.0. The van der Waals surface area contributed by atoms with Gasteiger partial charge in [-0.1, -0.05) is 10.6 Å². The Kier molecular flexibility index (Phi) is 3.26. The number of benzene rings is 1. The van der Waals surface area contributed by atoms with E-state index in [9.17, 15) is 9.50 Å². The van der Waals surface area contributed by atoms with Crippen LogP contribution in [0.25, 0.3) is 0 Å². The van der Waals surface area contributed by atoms with Gasteiger partial charge in [0.05, 0.1) is 0 Å². The van der Waals surface area contributed by atoms with Crippen molar-refractivity contribution < 1.29 is 9.50 Å². The summed E-state index contributed by atoms with van der Waals surface area (Å²) in [6, 6.07) is 4.55. The second kappa shape index (κ2) is 4.67. The van der Waals surface area contributed by atoms with Crippen molar-refractivity contribution in [3.8, 4) is 0 Å². The Morgan fingerprint density at radius 3 is 2.94 bits per heavy atom. The minimum Gasteiger partial charge on any atom is -0.386 e. The highest BCUT2D eigenvalue weighted by Gasteiger charge is 2.12. The molecular formula is C11H11FN2OS. The van der Waals surface area contributed by atoms with E-state index in [2.05, 4.69) is 9.59 Å². The highest BCUT2D eigenvalue weighted by atomic mass is 32.1. The van der Waals surface area contributed by atoms with Crippen LogP contribution in [0.5, 0.6) is 0 Å². The molecule has 1 heterocycles. The van der Waals surface area contributed by atoms with Crippen LogP contribution in [-0.4, -0.2) is 14.7 Å². The lowest BCUT2D eigenvalue weighted by Gasteiger charge is -2.09. The Labute approximate surface area is 96.7 Å². The molecule has 0 radical (unpaired) electrons. The van der Waals surface area contributed by atoms with Crippen LogP contribution in [0.4, 0.5) is 4.39 Å². The second-order valence-corrected chi connectivity index (χ2v) is 4.23. The molecule has 1 N–H and O–H groups in total. The van der Waals surface area contributed by atoms with Crippen molar-refractivity contribution in [3.05, 3.63) is 46.2 Å². The molecule has 1 atom stereocenters. The largest absolute Gasteiger partial charge is 0.386 e. The summed E-state index contributed by atoms with van der Waals surface area (Å²) in [4.78, 5) is 0. The average Bonchev–Trinajstić information content (AvgIpc) is 2.75. The number of aryl methyl sites for hydroxylation is 1. The Hall–Kier alpha value is -1.33. The van der Waals surface area contributed by atoms with Crippen molar-refractivity contribution >= 4 is 11.5 Å². The predicted molar refractivity (Wildman–Crippen MR) is 59.7 cm³/mol. The molecule has 0 bridgehead atoms. The quantitative estimate of drug-likeness (QED) is 0.892. The number of halogens is 1. The molecule has 0 spiro atoms. The number of aromatic nitrogens is 2. The molecule has 0 aliphatic heterocycles. The van der Waals surface area contributed by atoms with Crippen LogP contribution >= 0.6 is 11.5 Å². The third kappa shape index (κ3) is 2.43. The fourth-order valence-electron chi connectivity index (χ4n) is 1.52. The van der Waals surface area contributed by atoms with Gasteiger partial charge in [-0.25, -0.2) is 4.39 Å². The van der Waals surface area contributed by atoms with Gasteiger partial charge in [0.25, 0.3) is 0 Å². The maximum absolute atomic E-state index is 12.9. The number of aliphatic hydroxyl groups excluding tert-OH is 1. The van der Waals surface area contributed by atoms with E-state index >= 15 is 0 Å². The van der Waals surface area contributed by atoms with Crippen molar-refractivity contribution in [1.29, 1.82) is 0 Å². The number of nitrogens with zero attached hydrogens (tertiary/aromatic N) is 2. The van der Waals surface area contributed by atoms with Gasteiger partial charge in [0.15, 0.2) is 0 Å². The first-order chi connectivity index (χ1) is 7.66. The minimum atomic E-state index is -0.678. The third-order valence-electron chi connectivity index (χ3n) is 2.44. The number of hydrogen-bond donors (Lipinski definition) is 1. The van der Waals surface area contributed by atoms with Gasteiger partial charge in [-0.05, 0) is 41.7 Å². The van der Waals surface area contributed by atoms with Crippen LogP contribution in [0.2, 0.25) is 0 Å². The molecule has 1 unspecified atom stereocenters. The van der Waals surface area contributed by atoms with Crippen molar-refractivity contribution in [2.75, 3.05) is 0 Å². The molecule has 3 nitrogen and oxygen atoms in total. The normalized spacial score (nSPS) is 12.7. The summed E-state index contributed by atoms with van der Waals surface area (Å²) in [7, 11) is 0. The van der Waals surface area contributed by atoms with Gasteiger partial charge in [0, 0.05) is 11.8 Å². The Morgan fingerprint density at radius 2 is 2.31 bits per heavy atom. The SMILES string of the molecule is Cc1cc(F)ccc1CC(O)c1csnn1. The van der Waals surface area contributed by atoms with Gasteiger partial charge in [0.2, 0.25) is 0 Å². The zero-order valence-corrected chi connectivity index (χ0v) is 9.54. The molecular weight excluding hydrogens is 227 g/mol. The molecule has 0 aliphatic carbocycles. The van der Waals surface area contributed by atoms with Crippen LogP contribution in [0.15, 0.2) is 23.6 Å². The number of aliphatic hydroxyl groups is 1. The summed E-state index contributed by atoms with van der Waals surface area (Å²) in [6.07, 6.45) is -0.250. The summed E-state index contributed by atoms with van der Waals surface area (Å²) < 4.78 is 16.6. The summed E-state index contributed by atoms with van der Waals surface area (Å²) in [6.45, 7) is 1.82. The number of rotatable bonds is 3. The van der Waals surface area contributed by atoms with Gasteiger partial charge in [-0.15, -0.1) is 5.10 Å². The molecule has 0 saturated heterocycles. The van der Waals surface area contributed by atoms with Crippen LogP contribution in [0.3, 0.4) is 0 Å². The van der Waals surface area contributed by atoms with E-state index in [0.29, 0.717) is 12.1 Å². The Bertz CT molecular complexity index is 473. The van der Waals surface area contributed by atoms with Gasteiger partial charge < -0.3 is 5.11 Å². The summed E-state index contributed by atoms with van der Waals surface area (Å²) >= 11 is 1.20. The first-order valence-electron chi connectivity index (χ1n) is 4.87. The molecule has 1 aromatic heterocycles. The van der Waals surface area contributed by atoms with Crippen LogP contribution in [-0.2, 0) is 6.42 Å². The van der Waals surface area contributed by atoms with Gasteiger partial charge in [-0.3, -0.25) is 0 Å². The molecule has 5 heteroatoms. The van der Waals surface area contributed by atoms with E-state index in [1.54, 1.807) is 11.4 Å². The molecule has 2 rings (SSSR count). The first kappa shape index (κ1) is 11.2. The van der Waals surface area contributed by atoms with Crippen LogP contribution in [0.1, 0.15) is 22.9 Å². The molecule has 2 aromatic rings. The standard InChI is InChI=1S/C11H11FN2OS/c1-7-4-9(12)3-2-8(7)5-11(15)10-6-16-14-13-10/h2-4,6,11,15H,5H2,1H3. The van der Waals surface area contributed by atoms with E-state index in [0.717, 1.165) is 11.1 Å². The van der Waals surface area contributed by atoms with Crippen LogP contribution < -0.4 is 0 Å². The lowest BCUT2D eigenvalue weighted by Crippen LogP contribution is -2.04. The van der Waals surface area contributed by atoms with E-state index in [1.165, 1.54) is 23.7 Å². The lowest BCUT2D eigenvalue weighted by molar-refractivity contribution is 0.173. The van der Waals surface area contributed by atoms with Gasteiger partial charge in [0.1, 0.15) is 17.6 Å². The zero-order valence-electron chi connectivity index (χ0n) is 8.72. The van der Waals surface area contributed by atoms with E-state index in [1.807, 2.05) is 6.92 Å². The highest BCUT2D eigenvalue weighted by molar-refractivity contribution is 7.03. The van der Waals surface area contributed by atoms with Gasteiger partial charge >= 0.3 is 0 Å². The number of hydrogen-bond acceptors (Lipinski definition) is 4. The van der Waals surface area contributed by atoms with Crippen molar-refractivity contribution in [1.82, 2.24) is 9.59 Å². The molecule has 1 aromatic carbocycles. The summed E-state index contributed by atoms with van der Waals surface area (Å²) in [5.74, 6) is -0.258. The third-order valence-corrected chi connectivity index (χ3v) is 2.96. The summed E-state index contributed by atoms with van der Waals surface area (Å²) in [5, 5.41) is 15.4. The average molecular weight is 238 g/mol. The van der Waals surface area contributed by atoms with E-state index < -0.39 is 6.10 Å². The molecule has 0 aliphatic rings. The Morgan fingerprint density at radius 1 is 1.50 bits per heavy atom. The summed E-state index contributed by atoms with van der Waals surface area (Å²) in [5.41, 5.74) is 2.32. The van der Waals surface area contributed by atoms with Crippen molar-refractivity contribution in [2.24, 2.45) is 0 Å². The van der Waals surface area contributed by atoms with E-state index in [4.69, 9.17) is 0 Å². The molecule has 0 saturated carbocycles. The Balaban J connectivity index is 2.15. The first-order valence-corrected chi connectivity index (χ1v) is 5.70. The smallest absolute Gasteiger partial charge is 0.123 e. The molecule has 0 amide bonds. The van der Waals surface area contributed by atoms with E-state index in [-0.39, 0.29) is 5.82 Å². The highest BCUT2D eigenvalue weighted by Crippen LogP contribution is 2.19. The monoisotopic (exact) mass is 238 g/mol. The topological polar surface area (TPSA) is 46.0 Å². The maximum Gasteiger partial charge on any atom is 0.123 e.